The summed E-state index contributed by atoms with van der Waals surface area (Å²) in [4.78, 5) is 18.6. The topological polar surface area (TPSA) is 57.4 Å². The van der Waals surface area contributed by atoms with Gasteiger partial charge in [0.05, 0.1) is 11.3 Å². The third-order valence-corrected chi connectivity index (χ3v) is 7.25. The molecule has 0 saturated carbocycles. The molecule has 1 aliphatic rings. The molecule has 2 N–H and O–H groups in total. The van der Waals surface area contributed by atoms with E-state index in [4.69, 9.17) is 40.8 Å². The fourth-order valence-corrected chi connectivity index (χ4v) is 5.40. The van der Waals surface area contributed by atoms with E-state index < -0.39 is 0 Å². The minimum atomic E-state index is -0.354. The minimum Gasteiger partial charge on any atom is -0.457 e. The molecule has 0 unspecified atom stereocenters. The van der Waals surface area contributed by atoms with Crippen LogP contribution in [0.1, 0.15) is 5.56 Å². The van der Waals surface area contributed by atoms with E-state index in [2.05, 4.69) is 10.3 Å². The number of hydrogen-bond donors (Lipinski definition) is 2. The van der Waals surface area contributed by atoms with Crippen molar-refractivity contribution in [2.75, 3.05) is 4.90 Å². The number of para-hydroxylation sites is 2. The smallest absolute Gasteiger partial charge is 0.260 e. The molecule has 1 aliphatic heterocycles. The lowest BCUT2D eigenvalue weighted by atomic mass is 10.0. The van der Waals surface area contributed by atoms with Crippen LogP contribution in [0.15, 0.2) is 109 Å². The third-order valence-electron chi connectivity index (χ3n) is 6.32. The van der Waals surface area contributed by atoms with Crippen LogP contribution in [0, 0.1) is 0 Å². The number of carbonyl (C=O) groups is 1. The largest absolute Gasteiger partial charge is 0.457 e. The lowest BCUT2D eigenvalue weighted by molar-refractivity contribution is -0.115. The number of benzene rings is 4. The van der Waals surface area contributed by atoms with Gasteiger partial charge in [0, 0.05) is 32.7 Å². The van der Waals surface area contributed by atoms with Crippen LogP contribution in [0.5, 0.6) is 11.5 Å². The second-order valence-electron chi connectivity index (χ2n) is 8.84. The highest BCUT2D eigenvalue weighted by molar-refractivity contribution is 7.83. The van der Waals surface area contributed by atoms with Crippen molar-refractivity contribution >= 4 is 74.7 Å². The molecule has 1 fully saturated rings. The van der Waals surface area contributed by atoms with Crippen LogP contribution < -0.4 is 15.0 Å². The predicted molar refractivity (Wildman–Crippen MR) is 165 cm³/mol. The molecular weight excluding hydrogens is 546 g/mol. The second kappa shape index (κ2) is 10.5. The Morgan fingerprint density at radius 2 is 1.54 bits per heavy atom. The summed E-state index contributed by atoms with van der Waals surface area (Å²) in [6.07, 6.45) is 1.81. The molecule has 0 spiro atoms. The quantitative estimate of drug-likeness (QED) is 0.167. The van der Waals surface area contributed by atoms with Gasteiger partial charge < -0.3 is 9.72 Å². The van der Waals surface area contributed by atoms with E-state index in [0.717, 1.165) is 33.5 Å². The van der Waals surface area contributed by atoms with Gasteiger partial charge in [-0.2, -0.15) is 0 Å². The average molecular weight is 566 g/mol. The van der Waals surface area contributed by atoms with Crippen LogP contribution in [-0.4, -0.2) is 21.0 Å². The number of carbonyl (C=O) groups excluding carboxylic acids is 1. The molecule has 1 saturated heterocycles. The Hall–Kier alpha value is -4.30. The van der Waals surface area contributed by atoms with Gasteiger partial charge >= 0.3 is 0 Å². The number of aromatic amines is 1. The number of aromatic nitrogens is 1. The molecule has 0 aliphatic carbocycles. The number of ether oxygens (including phenoxy) is 1. The van der Waals surface area contributed by atoms with Crippen molar-refractivity contribution in [3.05, 3.63) is 119 Å². The van der Waals surface area contributed by atoms with Crippen LogP contribution in [0.4, 0.5) is 5.69 Å². The SMILES string of the molecule is O=C1NC(=S)N(c2ccc(Oc3ccccc3)cc2)C(=S)C1=Cc1c(-c2cccc(Cl)c2)[nH]c2ccccc12. The third kappa shape index (κ3) is 4.95. The molecule has 39 heavy (non-hydrogen) atoms. The van der Waals surface area contributed by atoms with E-state index in [1.165, 1.54) is 0 Å². The minimum absolute atomic E-state index is 0.216. The summed E-state index contributed by atoms with van der Waals surface area (Å²) >= 11 is 17.7. The fraction of sp³-hybridized carbons (Fsp3) is 0. The highest BCUT2D eigenvalue weighted by Crippen LogP contribution is 2.35. The average Bonchev–Trinajstić information content (AvgIpc) is 3.31. The number of nitrogens with zero attached hydrogens (tertiary/aromatic N) is 1. The maximum Gasteiger partial charge on any atom is 0.260 e. The van der Waals surface area contributed by atoms with Crippen LogP contribution in [0.2, 0.25) is 5.02 Å². The summed E-state index contributed by atoms with van der Waals surface area (Å²) in [7, 11) is 0. The fourth-order valence-electron chi connectivity index (χ4n) is 4.51. The van der Waals surface area contributed by atoms with Crippen molar-refractivity contribution < 1.29 is 9.53 Å². The standard InChI is InChI=1S/C31H20ClN3O2S2/c32-20-8-6-7-19(17-20)28-25(24-11-4-5-12-27(24)33-28)18-26-29(36)34-31(39)35(30(26)38)21-13-15-23(16-14-21)37-22-9-2-1-3-10-22/h1-18,33H,(H,34,36,39). The molecule has 1 amide bonds. The van der Waals surface area contributed by atoms with Crippen molar-refractivity contribution in [3.8, 4) is 22.8 Å². The number of halogens is 1. The maximum absolute atomic E-state index is 13.2. The molecule has 1 aromatic heterocycles. The van der Waals surface area contributed by atoms with Crippen molar-refractivity contribution in [1.29, 1.82) is 0 Å². The number of amides is 1. The number of hydrogen-bond acceptors (Lipinski definition) is 4. The van der Waals surface area contributed by atoms with Gasteiger partial charge in [-0.1, -0.05) is 72.3 Å². The Bertz CT molecular complexity index is 1780. The second-order valence-corrected chi connectivity index (χ2v) is 10.0. The van der Waals surface area contributed by atoms with Crippen LogP contribution in [-0.2, 0) is 4.79 Å². The molecule has 0 bridgehead atoms. The monoisotopic (exact) mass is 565 g/mol. The van der Waals surface area contributed by atoms with E-state index in [0.29, 0.717) is 27.0 Å². The maximum atomic E-state index is 13.2. The Kier molecular flexibility index (Phi) is 6.70. The Balaban J connectivity index is 1.38. The highest BCUT2D eigenvalue weighted by atomic mass is 35.5. The summed E-state index contributed by atoms with van der Waals surface area (Å²) in [5.74, 6) is 1.05. The number of anilines is 1. The van der Waals surface area contributed by atoms with E-state index in [9.17, 15) is 4.79 Å². The van der Waals surface area contributed by atoms with Crippen LogP contribution in [0.25, 0.3) is 28.2 Å². The van der Waals surface area contributed by atoms with Gasteiger partial charge in [0.1, 0.15) is 16.5 Å². The molecule has 2 heterocycles. The first-order valence-electron chi connectivity index (χ1n) is 12.1. The normalized spacial score (nSPS) is 14.6. The Labute approximate surface area is 240 Å². The number of H-pyrrole nitrogens is 1. The van der Waals surface area contributed by atoms with Gasteiger partial charge in [-0.15, -0.1) is 0 Å². The lowest BCUT2D eigenvalue weighted by Crippen LogP contribution is -2.53. The molecule has 6 rings (SSSR count). The van der Waals surface area contributed by atoms with Gasteiger partial charge in [-0.3, -0.25) is 15.0 Å². The van der Waals surface area contributed by atoms with E-state index in [-0.39, 0.29) is 11.0 Å². The van der Waals surface area contributed by atoms with Gasteiger partial charge in [0.25, 0.3) is 5.91 Å². The number of thiocarbonyl (C=S) groups is 2. The Morgan fingerprint density at radius 3 is 2.31 bits per heavy atom. The molecule has 5 nitrogen and oxygen atoms in total. The van der Waals surface area contributed by atoms with E-state index in [1.54, 1.807) is 4.90 Å². The van der Waals surface area contributed by atoms with Crippen molar-refractivity contribution in [2.24, 2.45) is 0 Å². The first kappa shape index (κ1) is 25.0. The van der Waals surface area contributed by atoms with Crippen molar-refractivity contribution in [2.45, 2.75) is 0 Å². The van der Waals surface area contributed by atoms with Gasteiger partial charge in [0.2, 0.25) is 0 Å². The number of nitrogens with one attached hydrogen (secondary N) is 2. The summed E-state index contributed by atoms with van der Waals surface area (Å²) < 4.78 is 5.91. The molecular formula is C31H20ClN3O2S2. The first-order chi connectivity index (χ1) is 19.0. The van der Waals surface area contributed by atoms with E-state index in [1.807, 2.05) is 109 Å². The summed E-state index contributed by atoms with van der Waals surface area (Å²) in [6, 6.07) is 32.4. The molecule has 190 valence electrons. The molecule has 4 aromatic carbocycles. The zero-order chi connectivity index (χ0) is 26.9. The first-order valence-corrected chi connectivity index (χ1v) is 13.3. The van der Waals surface area contributed by atoms with Gasteiger partial charge in [0.15, 0.2) is 5.11 Å². The highest BCUT2D eigenvalue weighted by Gasteiger charge is 2.32. The lowest BCUT2D eigenvalue weighted by Gasteiger charge is -2.31. The summed E-state index contributed by atoms with van der Waals surface area (Å²) in [5.41, 5.74) is 4.54. The molecule has 5 aromatic rings. The molecule has 0 radical (unpaired) electrons. The Morgan fingerprint density at radius 1 is 0.821 bits per heavy atom. The predicted octanol–water partition coefficient (Wildman–Crippen LogP) is 7.91. The van der Waals surface area contributed by atoms with Gasteiger partial charge in [-0.05, 0) is 72.9 Å². The van der Waals surface area contributed by atoms with Crippen molar-refractivity contribution in [1.82, 2.24) is 10.3 Å². The van der Waals surface area contributed by atoms with E-state index >= 15 is 0 Å². The zero-order valence-corrected chi connectivity index (χ0v) is 22.7. The van der Waals surface area contributed by atoms with Crippen LogP contribution >= 0.6 is 36.0 Å². The molecule has 0 atom stereocenters. The zero-order valence-electron chi connectivity index (χ0n) is 20.4. The molecule has 8 heteroatoms. The van der Waals surface area contributed by atoms with Gasteiger partial charge in [-0.25, -0.2) is 0 Å². The summed E-state index contributed by atoms with van der Waals surface area (Å²) in [6.45, 7) is 0. The van der Waals surface area contributed by atoms with Crippen LogP contribution in [0.3, 0.4) is 0 Å². The van der Waals surface area contributed by atoms with Crippen molar-refractivity contribution in [3.63, 3.8) is 0 Å². The number of rotatable bonds is 5. The summed E-state index contributed by atoms with van der Waals surface area (Å²) in [5, 5.41) is 4.58. The number of fused-ring (bicyclic) bond motifs is 1.